The van der Waals surface area contributed by atoms with Crippen LogP contribution in [0.1, 0.15) is 18.5 Å². The zero-order valence-corrected chi connectivity index (χ0v) is 11.1. The maximum atomic E-state index is 5.74. The average molecular weight is 251 g/mol. The number of hydrogen-bond donors (Lipinski definition) is 0. The van der Waals surface area contributed by atoms with Crippen molar-refractivity contribution in [3.05, 3.63) is 18.1 Å². The van der Waals surface area contributed by atoms with Crippen LogP contribution < -0.4 is 4.90 Å². The summed E-state index contributed by atoms with van der Waals surface area (Å²) in [6.45, 7) is 5.29. The Morgan fingerprint density at radius 1 is 1.28 bits per heavy atom. The lowest BCUT2D eigenvalue weighted by Crippen LogP contribution is -2.38. The third-order valence-electron chi connectivity index (χ3n) is 3.15. The predicted molar refractivity (Wildman–Crippen MR) is 69.8 cm³/mol. The molecule has 5 nitrogen and oxygen atoms in total. The molecule has 1 saturated heterocycles. The molecule has 1 aromatic rings. The molecular weight excluding hydrogens is 230 g/mol. The second-order valence-corrected chi connectivity index (χ2v) is 4.57. The van der Waals surface area contributed by atoms with E-state index >= 15 is 0 Å². The maximum Gasteiger partial charge on any atom is 0.147 e. The molecule has 18 heavy (non-hydrogen) atoms. The fraction of sp³-hybridized carbons (Fsp3) is 0.692. The largest absolute Gasteiger partial charge is 0.382 e. The molecule has 0 saturated carbocycles. The molecule has 0 bridgehead atoms. The molecule has 0 radical (unpaired) electrons. The van der Waals surface area contributed by atoms with Crippen LogP contribution in [-0.4, -0.2) is 49.5 Å². The van der Waals surface area contributed by atoms with Gasteiger partial charge in [0.25, 0.3) is 0 Å². The van der Waals surface area contributed by atoms with Crippen molar-refractivity contribution in [2.45, 2.75) is 25.9 Å². The monoisotopic (exact) mass is 251 g/mol. The minimum Gasteiger partial charge on any atom is -0.382 e. The van der Waals surface area contributed by atoms with Gasteiger partial charge in [-0.2, -0.15) is 0 Å². The molecule has 0 atom stereocenters. The lowest BCUT2D eigenvalue weighted by atomic mass is 10.1. The van der Waals surface area contributed by atoms with Crippen LogP contribution in [0.15, 0.2) is 12.4 Å². The standard InChI is InChI=1S/C13H21N3O2/c1-11-9-14-10-13(15-11)16-5-3-12(4-6-16)18-8-7-17-2/h9-10,12H,3-8H2,1-2H3. The zero-order valence-electron chi connectivity index (χ0n) is 11.1. The van der Waals surface area contributed by atoms with E-state index in [9.17, 15) is 0 Å². The molecular formula is C13H21N3O2. The minimum absolute atomic E-state index is 0.356. The average Bonchev–Trinajstić information content (AvgIpc) is 2.40. The number of ether oxygens (including phenoxy) is 2. The number of methoxy groups -OCH3 is 1. The number of piperidine rings is 1. The van der Waals surface area contributed by atoms with Crippen LogP contribution >= 0.6 is 0 Å². The van der Waals surface area contributed by atoms with Gasteiger partial charge in [-0.05, 0) is 19.8 Å². The van der Waals surface area contributed by atoms with Gasteiger partial charge in [0, 0.05) is 26.4 Å². The van der Waals surface area contributed by atoms with E-state index < -0.39 is 0 Å². The van der Waals surface area contributed by atoms with Crippen molar-refractivity contribution < 1.29 is 9.47 Å². The SMILES string of the molecule is COCCOC1CCN(c2cncc(C)n2)CC1. The molecule has 1 aliphatic rings. The predicted octanol–water partition coefficient (Wildman–Crippen LogP) is 1.42. The Labute approximate surface area is 108 Å². The van der Waals surface area contributed by atoms with E-state index in [4.69, 9.17) is 9.47 Å². The van der Waals surface area contributed by atoms with Crippen molar-refractivity contribution in [1.82, 2.24) is 9.97 Å². The van der Waals surface area contributed by atoms with Crippen molar-refractivity contribution in [2.75, 3.05) is 38.3 Å². The molecule has 0 aromatic carbocycles. The first-order valence-corrected chi connectivity index (χ1v) is 6.43. The van der Waals surface area contributed by atoms with Gasteiger partial charge in [-0.3, -0.25) is 4.98 Å². The summed E-state index contributed by atoms with van der Waals surface area (Å²) >= 11 is 0. The number of anilines is 1. The number of hydrogen-bond acceptors (Lipinski definition) is 5. The first kappa shape index (κ1) is 13.2. The smallest absolute Gasteiger partial charge is 0.147 e. The van der Waals surface area contributed by atoms with Crippen LogP contribution in [0.2, 0.25) is 0 Å². The van der Waals surface area contributed by atoms with Gasteiger partial charge in [0.1, 0.15) is 5.82 Å². The van der Waals surface area contributed by atoms with Crippen molar-refractivity contribution in [3.63, 3.8) is 0 Å². The second kappa shape index (κ2) is 6.66. The highest BCUT2D eigenvalue weighted by molar-refractivity contribution is 5.36. The Morgan fingerprint density at radius 3 is 2.72 bits per heavy atom. The molecule has 0 aliphatic carbocycles. The van der Waals surface area contributed by atoms with Gasteiger partial charge in [0.15, 0.2) is 0 Å². The van der Waals surface area contributed by atoms with Crippen LogP contribution in [0.3, 0.4) is 0 Å². The van der Waals surface area contributed by atoms with Crippen molar-refractivity contribution >= 4 is 5.82 Å². The second-order valence-electron chi connectivity index (χ2n) is 4.57. The molecule has 0 amide bonds. The Bertz CT molecular complexity index is 365. The van der Waals surface area contributed by atoms with Crippen molar-refractivity contribution in [1.29, 1.82) is 0 Å². The molecule has 2 rings (SSSR count). The van der Waals surface area contributed by atoms with Crippen LogP contribution in [0.4, 0.5) is 5.82 Å². The summed E-state index contributed by atoms with van der Waals surface area (Å²) in [5.74, 6) is 0.977. The van der Waals surface area contributed by atoms with Gasteiger partial charge >= 0.3 is 0 Å². The molecule has 100 valence electrons. The number of aryl methyl sites for hydroxylation is 1. The van der Waals surface area contributed by atoms with Gasteiger partial charge in [-0.15, -0.1) is 0 Å². The molecule has 1 aromatic heterocycles. The summed E-state index contributed by atoms with van der Waals surface area (Å²) in [5.41, 5.74) is 0.964. The van der Waals surface area contributed by atoms with Gasteiger partial charge in [-0.25, -0.2) is 4.98 Å². The van der Waals surface area contributed by atoms with Gasteiger partial charge in [0.2, 0.25) is 0 Å². The van der Waals surface area contributed by atoms with Crippen LogP contribution in [0, 0.1) is 6.92 Å². The highest BCUT2D eigenvalue weighted by Gasteiger charge is 2.20. The number of aromatic nitrogens is 2. The fourth-order valence-electron chi connectivity index (χ4n) is 2.15. The van der Waals surface area contributed by atoms with Crippen LogP contribution in [0.25, 0.3) is 0 Å². The molecule has 0 spiro atoms. The van der Waals surface area contributed by atoms with Crippen LogP contribution in [0.5, 0.6) is 0 Å². The van der Waals surface area contributed by atoms with E-state index in [0.29, 0.717) is 19.3 Å². The normalized spacial score (nSPS) is 17.1. The van der Waals surface area contributed by atoms with E-state index in [0.717, 1.165) is 37.4 Å². The zero-order chi connectivity index (χ0) is 12.8. The quantitative estimate of drug-likeness (QED) is 0.741. The Morgan fingerprint density at radius 2 is 2.06 bits per heavy atom. The molecule has 1 aliphatic heterocycles. The Balaban J connectivity index is 1.79. The number of rotatable bonds is 5. The summed E-state index contributed by atoms with van der Waals surface area (Å²) in [6.07, 6.45) is 6.05. The fourth-order valence-corrected chi connectivity index (χ4v) is 2.15. The third-order valence-corrected chi connectivity index (χ3v) is 3.15. The third kappa shape index (κ3) is 3.65. The molecule has 0 N–H and O–H groups in total. The van der Waals surface area contributed by atoms with Gasteiger partial charge in [0.05, 0.1) is 31.2 Å². The lowest BCUT2D eigenvalue weighted by molar-refractivity contribution is 0.00604. The Hall–Kier alpha value is -1.20. The first-order valence-electron chi connectivity index (χ1n) is 6.43. The minimum atomic E-state index is 0.356. The molecule has 0 unspecified atom stereocenters. The topological polar surface area (TPSA) is 47.5 Å². The van der Waals surface area contributed by atoms with E-state index in [2.05, 4.69) is 14.9 Å². The summed E-state index contributed by atoms with van der Waals surface area (Å²) in [6, 6.07) is 0. The Kier molecular flexibility index (Phi) is 4.90. The summed E-state index contributed by atoms with van der Waals surface area (Å²) < 4.78 is 10.7. The van der Waals surface area contributed by atoms with Crippen LogP contribution in [-0.2, 0) is 9.47 Å². The maximum absolute atomic E-state index is 5.74. The number of nitrogens with zero attached hydrogens (tertiary/aromatic N) is 3. The lowest BCUT2D eigenvalue weighted by Gasteiger charge is -2.32. The summed E-state index contributed by atoms with van der Waals surface area (Å²) in [7, 11) is 1.70. The molecule has 1 fully saturated rings. The van der Waals surface area contributed by atoms with Gasteiger partial charge < -0.3 is 14.4 Å². The van der Waals surface area contributed by atoms with Crippen molar-refractivity contribution in [3.8, 4) is 0 Å². The van der Waals surface area contributed by atoms with Crippen molar-refractivity contribution in [2.24, 2.45) is 0 Å². The molecule has 5 heteroatoms. The summed E-state index contributed by atoms with van der Waals surface area (Å²) in [5, 5.41) is 0. The van der Waals surface area contributed by atoms with E-state index in [1.165, 1.54) is 0 Å². The first-order chi connectivity index (χ1) is 8.79. The van der Waals surface area contributed by atoms with E-state index in [-0.39, 0.29) is 0 Å². The highest BCUT2D eigenvalue weighted by atomic mass is 16.5. The van der Waals surface area contributed by atoms with E-state index in [1.54, 1.807) is 13.3 Å². The van der Waals surface area contributed by atoms with Gasteiger partial charge in [-0.1, -0.05) is 0 Å². The highest BCUT2D eigenvalue weighted by Crippen LogP contribution is 2.19. The molecule has 2 heterocycles. The summed E-state index contributed by atoms with van der Waals surface area (Å²) in [4.78, 5) is 11.0. The van der Waals surface area contributed by atoms with E-state index in [1.807, 2.05) is 13.1 Å².